The lowest BCUT2D eigenvalue weighted by Gasteiger charge is -2.36. The number of amides is 2. The van der Waals surface area contributed by atoms with Gasteiger partial charge < -0.3 is 14.8 Å². The van der Waals surface area contributed by atoms with E-state index in [0.29, 0.717) is 37.3 Å². The smallest absolute Gasteiger partial charge is 0.256 e. The average Bonchev–Trinajstić information content (AvgIpc) is 3.27. The van der Waals surface area contributed by atoms with Gasteiger partial charge in [-0.05, 0) is 32.1 Å². The number of fused-ring (bicyclic) bond motifs is 1. The van der Waals surface area contributed by atoms with E-state index in [0.717, 1.165) is 57.2 Å². The van der Waals surface area contributed by atoms with Gasteiger partial charge in [-0.2, -0.15) is 0 Å². The van der Waals surface area contributed by atoms with Crippen molar-refractivity contribution in [3.63, 3.8) is 0 Å². The molecule has 1 aliphatic carbocycles. The molecule has 28 heavy (non-hydrogen) atoms. The van der Waals surface area contributed by atoms with Crippen molar-refractivity contribution in [3.05, 3.63) is 27.4 Å². The Kier molecular flexibility index (Phi) is 5.51. The molecular formula is C21H30N4O3. The van der Waals surface area contributed by atoms with Crippen LogP contribution in [0.4, 0.5) is 0 Å². The van der Waals surface area contributed by atoms with Gasteiger partial charge in [0.25, 0.3) is 5.56 Å². The maximum absolute atomic E-state index is 12.8. The van der Waals surface area contributed by atoms with E-state index in [4.69, 9.17) is 4.98 Å². The highest BCUT2D eigenvalue weighted by Crippen LogP contribution is 2.31. The van der Waals surface area contributed by atoms with Crippen LogP contribution < -0.4 is 5.56 Å². The fraction of sp³-hybridized carbons (Fsp3) is 0.714. The van der Waals surface area contributed by atoms with Gasteiger partial charge in [0.2, 0.25) is 11.8 Å². The lowest BCUT2D eigenvalue weighted by Crippen LogP contribution is -2.43. The number of carbonyl (C=O) groups excluding carboxylic acids is 2. The standard InChI is InChI=1S/C21H30N4O3/c1-2-18(26)25-11-6-5-9-17(25)19-22-16-10-12-24(13-15(16)20(27)23-19)21(28)14-7-3-4-8-14/h14,17H,2-13H2,1H3,(H,22,23,27). The molecule has 2 fully saturated rings. The zero-order valence-corrected chi connectivity index (χ0v) is 16.7. The number of likely N-dealkylation sites (tertiary alicyclic amines) is 1. The topological polar surface area (TPSA) is 86.4 Å². The zero-order valence-electron chi connectivity index (χ0n) is 16.7. The molecule has 1 unspecified atom stereocenters. The second-order valence-electron chi connectivity index (χ2n) is 8.32. The third-order valence-electron chi connectivity index (χ3n) is 6.54. The van der Waals surface area contributed by atoms with Gasteiger partial charge in [0.05, 0.1) is 23.8 Å². The fourth-order valence-corrected chi connectivity index (χ4v) is 4.94. The number of aromatic amines is 1. The Morgan fingerprint density at radius 2 is 1.86 bits per heavy atom. The first kappa shape index (κ1) is 19.2. The van der Waals surface area contributed by atoms with Crippen molar-refractivity contribution in [1.29, 1.82) is 0 Å². The Morgan fingerprint density at radius 3 is 2.61 bits per heavy atom. The van der Waals surface area contributed by atoms with E-state index in [9.17, 15) is 14.4 Å². The van der Waals surface area contributed by atoms with Crippen LogP contribution in [0.2, 0.25) is 0 Å². The molecule has 0 aromatic carbocycles. The third-order valence-corrected chi connectivity index (χ3v) is 6.54. The van der Waals surface area contributed by atoms with Crippen LogP contribution in [-0.4, -0.2) is 44.7 Å². The van der Waals surface area contributed by atoms with Crippen LogP contribution in [-0.2, 0) is 22.6 Å². The quantitative estimate of drug-likeness (QED) is 0.864. The molecule has 2 aliphatic heterocycles. The molecule has 152 valence electrons. The molecule has 0 spiro atoms. The summed E-state index contributed by atoms with van der Waals surface area (Å²) >= 11 is 0. The predicted octanol–water partition coefficient (Wildman–Crippen LogP) is 2.31. The average molecular weight is 386 g/mol. The van der Waals surface area contributed by atoms with Gasteiger partial charge in [-0.15, -0.1) is 0 Å². The minimum absolute atomic E-state index is 0.110. The highest BCUT2D eigenvalue weighted by molar-refractivity contribution is 5.79. The van der Waals surface area contributed by atoms with Crippen LogP contribution in [0.25, 0.3) is 0 Å². The number of hydrogen-bond acceptors (Lipinski definition) is 4. The van der Waals surface area contributed by atoms with E-state index in [-0.39, 0.29) is 29.3 Å². The number of aromatic nitrogens is 2. The molecule has 1 aromatic rings. The molecule has 4 rings (SSSR count). The minimum atomic E-state index is -0.154. The largest absolute Gasteiger partial charge is 0.337 e. The Labute approximate surface area is 165 Å². The molecular weight excluding hydrogens is 356 g/mol. The van der Waals surface area contributed by atoms with Crippen molar-refractivity contribution in [2.45, 2.75) is 77.3 Å². The van der Waals surface area contributed by atoms with Crippen LogP contribution in [0.3, 0.4) is 0 Å². The van der Waals surface area contributed by atoms with Crippen LogP contribution in [0, 0.1) is 5.92 Å². The maximum atomic E-state index is 12.8. The molecule has 1 saturated heterocycles. The fourth-order valence-electron chi connectivity index (χ4n) is 4.94. The minimum Gasteiger partial charge on any atom is -0.337 e. The molecule has 0 radical (unpaired) electrons. The Bertz CT molecular complexity index is 812. The maximum Gasteiger partial charge on any atom is 0.256 e. The first-order valence-corrected chi connectivity index (χ1v) is 10.8. The molecule has 1 atom stereocenters. The summed E-state index contributed by atoms with van der Waals surface area (Å²) in [4.78, 5) is 49.3. The normalized spacial score (nSPS) is 23.0. The summed E-state index contributed by atoms with van der Waals surface area (Å²) in [6.07, 6.45) is 8.12. The molecule has 1 aromatic heterocycles. The molecule has 1 N–H and O–H groups in total. The first-order valence-electron chi connectivity index (χ1n) is 10.8. The SMILES string of the molecule is CCC(=O)N1CCCCC1c1nc2c(c(=O)[nH]1)CN(C(=O)C1CCCC1)CC2. The highest BCUT2D eigenvalue weighted by Gasteiger charge is 2.33. The van der Waals surface area contributed by atoms with Gasteiger partial charge in [-0.3, -0.25) is 14.4 Å². The lowest BCUT2D eigenvalue weighted by atomic mass is 9.99. The summed E-state index contributed by atoms with van der Waals surface area (Å²) in [5, 5.41) is 0. The van der Waals surface area contributed by atoms with Gasteiger partial charge in [0, 0.05) is 31.8 Å². The number of carbonyl (C=O) groups is 2. The molecule has 1 saturated carbocycles. The van der Waals surface area contributed by atoms with Gasteiger partial charge in [0.1, 0.15) is 5.82 Å². The highest BCUT2D eigenvalue weighted by atomic mass is 16.2. The number of piperidine rings is 1. The van der Waals surface area contributed by atoms with Crippen molar-refractivity contribution in [2.24, 2.45) is 5.92 Å². The van der Waals surface area contributed by atoms with E-state index in [1.54, 1.807) is 0 Å². The Hall–Kier alpha value is -2.18. The number of nitrogens with one attached hydrogen (secondary N) is 1. The predicted molar refractivity (Wildman–Crippen MR) is 105 cm³/mol. The molecule has 0 bridgehead atoms. The van der Waals surface area contributed by atoms with Crippen molar-refractivity contribution in [2.75, 3.05) is 13.1 Å². The van der Waals surface area contributed by atoms with Gasteiger partial charge in [-0.25, -0.2) is 4.98 Å². The summed E-state index contributed by atoms with van der Waals surface area (Å²) in [6.45, 7) is 3.57. The summed E-state index contributed by atoms with van der Waals surface area (Å²) in [7, 11) is 0. The van der Waals surface area contributed by atoms with E-state index >= 15 is 0 Å². The third kappa shape index (κ3) is 3.59. The van der Waals surface area contributed by atoms with Gasteiger partial charge >= 0.3 is 0 Å². The second-order valence-corrected chi connectivity index (χ2v) is 8.32. The van der Waals surface area contributed by atoms with E-state index in [2.05, 4.69) is 4.98 Å². The Balaban J connectivity index is 1.56. The first-order chi connectivity index (χ1) is 13.6. The van der Waals surface area contributed by atoms with Gasteiger partial charge in [0.15, 0.2) is 0 Å². The number of H-pyrrole nitrogens is 1. The summed E-state index contributed by atoms with van der Waals surface area (Å²) in [5.41, 5.74) is 1.26. The van der Waals surface area contributed by atoms with E-state index in [1.807, 2.05) is 16.7 Å². The van der Waals surface area contributed by atoms with Crippen molar-refractivity contribution >= 4 is 11.8 Å². The molecule has 7 nitrogen and oxygen atoms in total. The summed E-state index contributed by atoms with van der Waals surface area (Å²) in [5.74, 6) is 1.04. The number of nitrogens with zero attached hydrogens (tertiary/aromatic N) is 3. The number of hydrogen-bond donors (Lipinski definition) is 1. The van der Waals surface area contributed by atoms with E-state index < -0.39 is 0 Å². The summed E-state index contributed by atoms with van der Waals surface area (Å²) in [6, 6.07) is -0.141. The number of rotatable bonds is 3. The van der Waals surface area contributed by atoms with Crippen LogP contribution in [0.1, 0.15) is 81.4 Å². The van der Waals surface area contributed by atoms with Crippen molar-refractivity contribution < 1.29 is 9.59 Å². The second kappa shape index (κ2) is 8.05. The van der Waals surface area contributed by atoms with Crippen LogP contribution in [0.15, 0.2) is 4.79 Å². The summed E-state index contributed by atoms with van der Waals surface area (Å²) < 4.78 is 0. The molecule has 7 heteroatoms. The lowest BCUT2D eigenvalue weighted by molar-refractivity contribution is -0.136. The zero-order chi connectivity index (χ0) is 19.7. The monoisotopic (exact) mass is 386 g/mol. The van der Waals surface area contributed by atoms with Crippen LogP contribution in [0.5, 0.6) is 0 Å². The van der Waals surface area contributed by atoms with Crippen molar-refractivity contribution in [1.82, 2.24) is 19.8 Å². The molecule has 3 heterocycles. The van der Waals surface area contributed by atoms with Gasteiger partial charge in [-0.1, -0.05) is 19.8 Å². The molecule has 3 aliphatic rings. The Morgan fingerprint density at radius 1 is 1.11 bits per heavy atom. The van der Waals surface area contributed by atoms with Crippen LogP contribution >= 0.6 is 0 Å². The van der Waals surface area contributed by atoms with E-state index in [1.165, 1.54) is 0 Å². The van der Waals surface area contributed by atoms with Crippen molar-refractivity contribution in [3.8, 4) is 0 Å². The molecule has 2 amide bonds.